The molecule has 0 bridgehead atoms. The lowest BCUT2D eigenvalue weighted by Gasteiger charge is -2.18. The molecule has 0 unspecified atom stereocenters. The Morgan fingerprint density at radius 2 is 1.75 bits per heavy atom. The molecule has 0 radical (unpaired) electrons. The molecule has 0 aliphatic heterocycles. The summed E-state index contributed by atoms with van der Waals surface area (Å²) in [6, 6.07) is 0. The Balaban J connectivity index is 3.72. The van der Waals surface area contributed by atoms with E-state index in [1.54, 1.807) is 6.92 Å². The van der Waals surface area contributed by atoms with Crippen molar-refractivity contribution < 1.29 is 10.0 Å². The Morgan fingerprint density at radius 1 is 1.19 bits per heavy atom. The molecular weight excluding hydrogens is 201 g/mol. The van der Waals surface area contributed by atoms with E-state index < -0.39 is 7.12 Å². The van der Waals surface area contributed by atoms with Crippen LogP contribution in [0.15, 0.2) is 0 Å². The van der Waals surface area contributed by atoms with Crippen molar-refractivity contribution in [3.05, 3.63) is 27.8 Å². The molecule has 0 aliphatic rings. The highest BCUT2D eigenvalue weighted by Crippen LogP contribution is 2.19. The third-order valence-electron chi connectivity index (χ3n) is 3.07. The molecule has 0 heterocycles. The Labute approximate surface area is 96.4 Å². The molecule has 0 amide bonds. The lowest BCUT2D eigenvalue weighted by Crippen LogP contribution is -2.36. The molecule has 0 spiro atoms. The highest BCUT2D eigenvalue weighted by Gasteiger charge is 2.22. The predicted molar refractivity (Wildman–Crippen MR) is 66.3 cm³/mol. The van der Waals surface area contributed by atoms with Crippen molar-refractivity contribution in [1.29, 1.82) is 0 Å². The number of hydrogen-bond acceptors (Lipinski definition) is 3. The van der Waals surface area contributed by atoms with Crippen molar-refractivity contribution in [2.75, 3.05) is 0 Å². The van der Waals surface area contributed by atoms with E-state index in [1.165, 1.54) is 0 Å². The average Bonchev–Trinajstić information content (AvgIpc) is 2.18. The number of terminal acetylenes is 1. The van der Waals surface area contributed by atoms with Crippen LogP contribution in [-0.2, 0) is 6.54 Å². The van der Waals surface area contributed by atoms with E-state index in [0.717, 1.165) is 22.3 Å². The molecule has 3 nitrogen and oxygen atoms in total. The minimum atomic E-state index is -1.52. The molecule has 1 rings (SSSR count). The van der Waals surface area contributed by atoms with Gasteiger partial charge in [-0.25, -0.2) is 0 Å². The van der Waals surface area contributed by atoms with Gasteiger partial charge in [-0.15, -0.1) is 6.42 Å². The van der Waals surface area contributed by atoms with Gasteiger partial charge in [-0.3, -0.25) is 0 Å². The van der Waals surface area contributed by atoms with Crippen LogP contribution in [0.5, 0.6) is 0 Å². The van der Waals surface area contributed by atoms with E-state index in [2.05, 4.69) is 5.92 Å². The van der Waals surface area contributed by atoms with Crippen molar-refractivity contribution in [1.82, 2.24) is 0 Å². The molecule has 1 aromatic rings. The quantitative estimate of drug-likeness (QED) is 0.472. The lowest BCUT2D eigenvalue weighted by atomic mass is 9.71. The van der Waals surface area contributed by atoms with Gasteiger partial charge in [0, 0.05) is 12.1 Å². The molecule has 4 N–H and O–H groups in total. The predicted octanol–water partition coefficient (Wildman–Crippen LogP) is -0.268. The van der Waals surface area contributed by atoms with E-state index in [4.69, 9.17) is 12.2 Å². The van der Waals surface area contributed by atoms with Gasteiger partial charge in [0.1, 0.15) is 0 Å². The van der Waals surface area contributed by atoms with Crippen LogP contribution in [0.1, 0.15) is 27.8 Å². The van der Waals surface area contributed by atoms with Crippen LogP contribution >= 0.6 is 0 Å². The summed E-state index contributed by atoms with van der Waals surface area (Å²) in [6.45, 7) is 5.87. The average molecular weight is 217 g/mol. The van der Waals surface area contributed by atoms with Gasteiger partial charge in [-0.1, -0.05) is 5.92 Å². The van der Waals surface area contributed by atoms with Gasteiger partial charge in [0.15, 0.2) is 0 Å². The zero-order valence-electron chi connectivity index (χ0n) is 9.83. The zero-order valence-corrected chi connectivity index (χ0v) is 9.83. The Hall–Kier alpha value is -1.28. The Bertz CT molecular complexity index is 461. The topological polar surface area (TPSA) is 66.5 Å². The number of hydrogen-bond donors (Lipinski definition) is 3. The summed E-state index contributed by atoms with van der Waals surface area (Å²) in [5, 5.41) is 18.7. The first kappa shape index (κ1) is 12.8. The van der Waals surface area contributed by atoms with Crippen molar-refractivity contribution in [2.24, 2.45) is 5.73 Å². The molecule has 4 heteroatoms. The molecule has 16 heavy (non-hydrogen) atoms. The summed E-state index contributed by atoms with van der Waals surface area (Å²) < 4.78 is 0. The summed E-state index contributed by atoms with van der Waals surface area (Å²) in [5.41, 5.74) is 10.2. The number of nitrogens with two attached hydrogens (primary N) is 1. The maximum Gasteiger partial charge on any atom is 0.489 e. The number of rotatable bonds is 2. The summed E-state index contributed by atoms with van der Waals surface area (Å²) >= 11 is 0. The highest BCUT2D eigenvalue weighted by atomic mass is 16.4. The third kappa shape index (κ3) is 1.85. The van der Waals surface area contributed by atoms with Crippen LogP contribution < -0.4 is 11.2 Å². The summed E-state index contributed by atoms with van der Waals surface area (Å²) in [5.74, 6) is 2.58. The fourth-order valence-corrected chi connectivity index (χ4v) is 2.20. The maximum atomic E-state index is 9.36. The summed E-state index contributed by atoms with van der Waals surface area (Å²) in [7, 11) is -1.52. The summed E-state index contributed by atoms with van der Waals surface area (Å²) in [4.78, 5) is 0. The first-order valence-corrected chi connectivity index (χ1v) is 5.11. The van der Waals surface area contributed by atoms with E-state index in [1.807, 2.05) is 13.8 Å². The molecule has 0 fully saturated rings. The van der Waals surface area contributed by atoms with Gasteiger partial charge >= 0.3 is 7.12 Å². The second-order valence-electron chi connectivity index (χ2n) is 3.86. The molecule has 0 saturated heterocycles. The third-order valence-corrected chi connectivity index (χ3v) is 3.07. The molecule has 1 aromatic carbocycles. The van der Waals surface area contributed by atoms with E-state index in [9.17, 15) is 10.0 Å². The van der Waals surface area contributed by atoms with Crippen LogP contribution in [0, 0.1) is 33.1 Å². The van der Waals surface area contributed by atoms with Gasteiger partial charge in [-0.05, 0) is 48.5 Å². The van der Waals surface area contributed by atoms with E-state index in [-0.39, 0.29) is 0 Å². The SMILES string of the molecule is C#Cc1c(C)c(CN)c(C)c(B(O)O)c1C. The van der Waals surface area contributed by atoms with E-state index >= 15 is 0 Å². The van der Waals surface area contributed by atoms with Crippen LogP contribution in [0.25, 0.3) is 0 Å². The minimum Gasteiger partial charge on any atom is -0.423 e. The van der Waals surface area contributed by atoms with Crippen LogP contribution in [-0.4, -0.2) is 17.2 Å². The molecule has 0 atom stereocenters. The van der Waals surface area contributed by atoms with Crippen molar-refractivity contribution in [3.8, 4) is 12.3 Å². The molecule has 84 valence electrons. The largest absolute Gasteiger partial charge is 0.489 e. The van der Waals surface area contributed by atoms with Gasteiger partial charge in [0.05, 0.1) is 0 Å². The molecular formula is C12H16BNO2. The maximum absolute atomic E-state index is 9.36. The van der Waals surface area contributed by atoms with Crippen molar-refractivity contribution in [3.63, 3.8) is 0 Å². The first-order valence-electron chi connectivity index (χ1n) is 5.11. The molecule has 0 aliphatic carbocycles. The second-order valence-corrected chi connectivity index (χ2v) is 3.86. The first-order chi connectivity index (χ1) is 7.45. The Kier molecular flexibility index (Phi) is 3.76. The normalized spacial score (nSPS) is 10.1. The number of benzene rings is 1. The van der Waals surface area contributed by atoms with Gasteiger partial charge < -0.3 is 15.8 Å². The van der Waals surface area contributed by atoms with Crippen molar-refractivity contribution in [2.45, 2.75) is 27.3 Å². The summed E-state index contributed by atoms with van der Waals surface area (Å²) in [6.07, 6.45) is 5.44. The highest BCUT2D eigenvalue weighted by molar-refractivity contribution is 6.60. The Morgan fingerprint density at radius 3 is 2.12 bits per heavy atom. The standard InChI is InChI=1S/C12H16BNO2/c1-5-10-7(2)11(6-14)9(4)12(8(10)3)13(15)16/h1,15-16H,6,14H2,2-4H3. The van der Waals surface area contributed by atoms with Crippen LogP contribution in [0.3, 0.4) is 0 Å². The fourth-order valence-electron chi connectivity index (χ4n) is 2.20. The lowest BCUT2D eigenvalue weighted by molar-refractivity contribution is 0.425. The molecule has 0 saturated carbocycles. The minimum absolute atomic E-state index is 0.340. The van der Waals surface area contributed by atoms with Gasteiger partial charge in [0.25, 0.3) is 0 Å². The van der Waals surface area contributed by atoms with Crippen molar-refractivity contribution >= 4 is 12.6 Å². The van der Waals surface area contributed by atoms with Crippen LogP contribution in [0.4, 0.5) is 0 Å². The fraction of sp³-hybridized carbons (Fsp3) is 0.333. The van der Waals surface area contributed by atoms with Crippen LogP contribution in [0.2, 0.25) is 0 Å². The molecule has 0 aromatic heterocycles. The van der Waals surface area contributed by atoms with Gasteiger partial charge in [0.2, 0.25) is 0 Å². The monoisotopic (exact) mass is 217 g/mol. The van der Waals surface area contributed by atoms with E-state index in [0.29, 0.717) is 17.6 Å². The smallest absolute Gasteiger partial charge is 0.423 e. The zero-order chi connectivity index (χ0) is 12.5. The second kappa shape index (κ2) is 4.71. The van der Waals surface area contributed by atoms with Gasteiger partial charge in [-0.2, -0.15) is 0 Å².